The molecular formula is C36H60N8O3. The van der Waals surface area contributed by atoms with E-state index in [2.05, 4.69) is 45.7 Å². The smallest absolute Gasteiger partial charge is 0.124 e. The van der Waals surface area contributed by atoms with Crippen LogP contribution >= 0.6 is 0 Å². The van der Waals surface area contributed by atoms with E-state index in [-0.39, 0.29) is 17.2 Å². The van der Waals surface area contributed by atoms with Gasteiger partial charge in [0.05, 0.1) is 0 Å². The molecule has 0 bridgehead atoms. The second kappa shape index (κ2) is 22.3. The van der Waals surface area contributed by atoms with E-state index in [1.165, 1.54) is 19.3 Å². The van der Waals surface area contributed by atoms with Gasteiger partial charge in [0.1, 0.15) is 17.2 Å². The van der Waals surface area contributed by atoms with Crippen molar-refractivity contribution in [2.24, 2.45) is 11.5 Å². The van der Waals surface area contributed by atoms with E-state index in [1.54, 1.807) is 0 Å². The largest absolute Gasteiger partial charge is 0.507 e. The first-order valence-electron chi connectivity index (χ1n) is 16.7. The average Bonchev–Trinajstić information content (AvgIpc) is 3.04. The van der Waals surface area contributed by atoms with Crippen molar-refractivity contribution in [1.29, 1.82) is 0 Å². The van der Waals surface area contributed by atoms with Gasteiger partial charge in [-0.3, -0.25) is 0 Å². The summed E-state index contributed by atoms with van der Waals surface area (Å²) >= 11 is 0. The fourth-order valence-corrected chi connectivity index (χ4v) is 5.34. The number of phenolic OH excluding ortho intramolecular Hbond substituents is 3. The molecule has 0 aliphatic rings. The molecule has 3 aromatic rings. The Balaban J connectivity index is 0.00000142. The van der Waals surface area contributed by atoms with Gasteiger partial charge < -0.3 is 58.7 Å². The first-order valence-corrected chi connectivity index (χ1v) is 16.7. The van der Waals surface area contributed by atoms with Crippen molar-refractivity contribution in [2.75, 3.05) is 26.7 Å². The van der Waals surface area contributed by atoms with Crippen LogP contribution in [0.5, 0.6) is 17.2 Å². The minimum absolute atomic E-state index is 0.266. The first-order chi connectivity index (χ1) is 22.6. The highest BCUT2D eigenvalue weighted by Crippen LogP contribution is 2.26. The van der Waals surface area contributed by atoms with Crippen molar-refractivity contribution in [3.63, 3.8) is 0 Å². The molecule has 0 saturated carbocycles. The molecule has 11 heteroatoms. The highest BCUT2D eigenvalue weighted by Gasteiger charge is 2.11. The van der Waals surface area contributed by atoms with Gasteiger partial charge in [-0.1, -0.05) is 86.2 Å². The zero-order valence-electron chi connectivity index (χ0n) is 29.2. The molecule has 13 N–H and O–H groups in total. The molecule has 0 amide bonds. The molecule has 0 spiro atoms. The standard InChI is InChI=1S/C31H48N8O3.C5H12/c1-20-4-23(10-34-16-32)29(40)25(6-20)12-36-18-38-14-27-8-22(3)9-28(31(27)42)15-39-19-37-13-26-7-21(2)5-24(30(26)41)11-35-17-33;1-3-5-4-2/h4-9,34-42H,10-19,32-33H2,1-3H3;3-5H2,1-2H3. The summed E-state index contributed by atoms with van der Waals surface area (Å²) in [5.41, 5.74) is 19.2. The maximum atomic E-state index is 10.9. The van der Waals surface area contributed by atoms with Crippen LogP contribution in [0, 0.1) is 20.8 Å². The van der Waals surface area contributed by atoms with Gasteiger partial charge >= 0.3 is 0 Å². The van der Waals surface area contributed by atoms with Crippen molar-refractivity contribution in [1.82, 2.24) is 31.9 Å². The van der Waals surface area contributed by atoms with Crippen molar-refractivity contribution in [3.8, 4) is 17.2 Å². The monoisotopic (exact) mass is 652 g/mol. The quantitative estimate of drug-likeness (QED) is 0.0633. The van der Waals surface area contributed by atoms with Crippen molar-refractivity contribution in [2.45, 2.75) is 93.1 Å². The maximum absolute atomic E-state index is 10.9. The highest BCUT2D eigenvalue weighted by molar-refractivity contribution is 5.45. The number of nitrogens with two attached hydrogens (primary N) is 2. The average molecular weight is 653 g/mol. The van der Waals surface area contributed by atoms with E-state index in [1.807, 2.05) is 57.2 Å². The number of aromatic hydroxyl groups is 3. The number of rotatable bonds is 20. The number of hydrogen-bond donors (Lipinski definition) is 11. The fraction of sp³-hybridized carbons (Fsp3) is 0.500. The molecule has 0 aliphatic heterocycles. The van der Waals surface area contributed by atoms with Crippen LogP contribution in [0.15, 0.2) is 36.4 Å². The Labute approximate surface area is 281 Å². The van der Waals surface area contributed by atoms with Crippen LogP contribution in [0.3, 0.4) is 0 Å². The van der Waals surface area contributed by atoms with E-state index in [0.29, 0.717) is 65.9 Å². The number of nitrogens with one attached hydrogen (secondary N) is 6. The summed E-state index contributed by atoms with van der Waals surface area (Å²) in [5, 5.41) is 51.4. The fourth-order valence-electron chi connectivity index (χ4n) is 5.34. The lowest BCUT2D eigenvalue weighted by Gasteiger charge is -2.15. The molecule has 47 heavy (non-hydrogen) atoms. The topological polar surface area (TPSA) is 185 Å². The molecule has 0 saturated heterocycles. The lowest BCUT2D eigenvalue weighted by molar-refractivity contribution is 0.446. The maximum Gasteiger partial charge on any atom is 0.124 e. The Kier molecular flexibility index (Phi) is 19.0. The van der Waals surface area contributed by atoms with Crippen LogP contribution in [0.25, 0.3) is 0 Å². The summed E-state index contributed by atoms with van der Waals surface area (Å²) in [5.74, 6) is 0.817. The molecule has 0 atom stereocenters. The van der Waals surface area contributed by atoms with Gasteiger partial charge in [-0.25, -0.2) is 0 Å². The molecule has 0 heterocycles. The molecule has 0 fully saturated rings. The van der Waals surface area contributed by atoms with Crippen LogP contribution in [0.4, 0.5) is 0 Å². The van der Waals surface area contributed by atoms with Gasteiger partial charge in [0.25, 0.3) is 0 Å². The first kappa shape index (κ1) is 39.9. The van der Waals surface area contributed by atoms with E-state index >= 15 is 0 Å². The summed E-state index contributed by atoms with van der Waals surface area (Å²) in [6.45, 7) is 15.2. The normalized spacial score (nSPS) is 11.0. The van der Waals surface area contributed by atoms with Gasteiger partial charge in [0.15, 0.2) is 0 Å². The summed E-state index contributed by atoms with van der Waals surface area (Å²) in [4.78, 5) is 0. The second-order valence-corrected chi connectivity index (χ2v) is 12.0. The summed E-state index contributed by atoms with van der Waals surface area (Å²) in [6, 6.07) is 11.8. The number of benzene rings is 3. The third-order valence-electron chi connectivity index (χ3n) is 7.62. The third-order valence-corrected chi connectivity index (χ3v) is 7.62. The number of phenols is 3. The molecule has 0 aromatic heterocycles. The zero-order valence-corrected chi connectivity index (χ0v) is 29.2. The molecule has 0 radical (unpaired) electrons. The highest BCUT2D eigenvalue weighted by atomic mass is 16.3. The van der Waals surface area contributed by atoms with Crippen molar-refractivity contribution >= 4 is 0 Å². The van der Waals surface area contributed by atoms with Crippen LogP contribution in [0.1, 0.15) is 83.2 Å². The molecule has 0 aliphatic carbocycles. The van der Waals surface area contributed by atoms with E-state index in [4.69, 9.17) is 11.5 Å². The molecule has 262 valence electrons. The van der Waals surface area contributed by atoms with Crippen LogP contribution < -0.4 is 43.4 Å². The van der Waals surface area contributed by atoms with E-state index in [9.17, 15) is 15.3 Å². The predicted octanol–water partition coefficient (Wildman–Crippen LogP) is 3.61. The Morgan fingerprint density at radius 3 is 0.872 bits per heavy atom. The minimum Gasteiger partial charge on any atom is -0.507 e. The Bertz CT molecular complexity index is 1260. The minimum atomic E-state index is 0.266. The van der Waals surface area contributed by atoms with E-state index in [0.717, 1.165) is 50.1 Å². The predicted molar refractivity (Wildman–Crippen MR) is 193 cm³/mol. The molecule has 3 aromatic carbocycles. The molecule has 0 unspecified atom stereocenters. The third kappa shape index (κ3) is 14.2. The summed E-state index contributed by atoms with van der Waals surface area (Å²) < 4.78 is 0. The molecule has 11 nitrogen and oxygen atoms in total. The number of aryl methyl sites for hydroxylation is 3. The Morgan fingerprint density at radius 2 is 0.681 bits per heavy atom. The SMILES string of the molecule is CCCCC.Cc1cc(CNCN)c(O)c(CNCNCc2cc(C)cc(CNCNCc3cc(C)cc(CNCN)c3O)c2O)c1. The van der Waals surface area contributed by atoms with Crippen molar-refractivity contribution < 1.29 is 15.3 Å². The Morgan fingerprint density at radius 1 is 0.447 bits per heavy atom. The zero-order chi connectivity index (χ0) is 34.6. The van der Waals surface area contributed by atoms with Gasteiger partial charge in [0, 0.05) is 99.3 Å². The molecule has 3 rings (SSSR count). The second-order valence-electron chi connectivity index (χ2n) is 12.0. The van der Waals surface area contributed by atoms with Crippen LogP contribution in [0.2, 0.25) is 0 Å². The van der Waals surface area contributed by atoms with Crippen molar-refractivity contribution in [3.05, 3.63) is 86.5 Å². The summed E-state index contributed by atoms with van der Waals surface area (Å²) in [7, 11) is 0. The summed E-state index contributed by atoms with van der Waals surface area (Å²) in [6.07, 6.45) is 4.08. The number of unbranched alkanes of at least 4 members (excludes halogenated alkanes) is 2. The lowest BCUT2D eigenvalue weighted by Crippen LogP contribution is -2.29. The van der Waals surface area contributed by atoms with Crippen LogP contribution in [-0.4, -0.2) is 42.0 Å². The van der Waals surface area contributed by atoms with E-state index < -0.39 is 0 Å². The molecular weight excluding hydrogens is 592 g/mol. The van der Waals surface area contributed by atoms with Crippen LogP contribution in [-0.2, 0) is 39.3 Å². The van der Waals surface area contributed by atoms with Gasteiger partial charge in [-0.2, -0.15) is 0 Å². The van der Waals surface area contributed by atoms with Gasteiger partial charge in [-0.15, -0.1) is 0 Å². The lowest BCUT2D eigenvalue weighted by atomic mass is 10.0. The van der Waals surface area contributed by atoms with Gasteiger partial charge in [-0.05, 0) is 20.8 Å². The number of hydrogen-bond acceptors (Lipinski definition) is 11. The Hall–Kier alpha value is -3.26. The van der Waals surface area contributed by atoms with Gasteiger partial charge in [0.2, 0.25) is 0 Å².